The third-order valence-electron chi connectivity index (χ3n) is 1.74. The van der Waals surface area contributed by atoms with Crippen LogP contribution < -0.4 is 0 Å². The molecule has 12 heavy (non-hydrogen) atoms. The highest BCUT2D eigenvalue weighted by Crippen LogP contribution is 2.13. The van der Waals surface area contributed by atoms with Crippen molar-refractivity contribution in [3.63, 3.8) is 0 Å². The minimum Gasteiger partial charge on any atom is -0.385 e. The highest BCUT2D eigenvalue weighted by Gasteiger charge is 2.14. The molecule has 0 aromatic carbocycles. The molecule has 0 N–H and O–H groups in total. The van der Waals surface area contributed by atoms with Crippen molar-refractivity contribution in [2.75, 3.05) is 19.5 Å². The third-order valence-corrected chi connectivity index (χ3v) is 2.99. The molecule has 0 bridgehead atoms. The lowest BCUT2D eigenvalue weighted by molar-refractivity contribution is 0.180. The summed E-state index contributed by atoms with van der Waals surface area (Å²) in [6, 6.07) is 0. The molecule has 0 heterocycles. The summed E-state index contributed by atoms with van der Waals surface area (Å²) >= 11 is 0. The average Bonchev–Trinajstić information content (AvgIpc) is 1.95. The van der Waals surface area contributed by atoms with Gasteiger partial charge in [0, 0.05) is 24.4 Å². The van der Waals surface area contributed by atoms with Gasteiger partial charge in [0.05, 0.1) is 5.75 Å². The normalized spacial score (nSPS) is 14.6. The Morgan fingerprint density at radius 1 is 1.50 bits per heavy atom. The molecule has 0 rings (SSSR count). The Bertz CT molecular complexity index is 201. The molecule has 0 saturated heterocycles. The van der Waals surface area contributed by atoms with Gasteiger partial charge in [0.1, 0.15) is 0 Å². The van der Waals surface area contributed by atoms with Crippen LogP contribution in [-0.2, 0) is 13.8 Å². The third kappa shape index (κ3) is 6.88. The average molecular weight is 215 g/mol. The van der Waals surface area contributed by atoms with Gasteiger partial charge >= 0.3 is 0 Å². The maximum atomic E-state index is 10.7. The minimum absolute atomic E-state index is 0.0500. The molecule has 74 valence electrons. The zero-order valence-corrected chi connectivity index (χ0v) is 8.99. The Morgan fingerprint density at radius 3 is 2.42 bits per heavy atom. The fraction of sp³-hybridized carbons (Fsp3) is 1.00. The van der Waals surface area contributed by atoms with Crippen molar-refractivity contribution in [1.29, 1.82) is 0 Å². The fourth-order valence-electron chi connectivity index (χ4n) is 0.971. The molecule has 3 nitrogen and oxygen atoms in total. The minimum atomic E-state index is -3.35. The Morgan fingerprint density at radius 2 is 2.08 bits per heavy atom. The van der Waals surface area contributed by atoms with Crippen LogP contribution in [0.3, 0.4) is 0 Å². The van der Waals surface area contributed by atoms with Gasteiger partial charge in [0.25, 0.3) is 0 Å². The van der Waals surface area contributed by atoms with Gasteiger partial charge in [-0.3, -0.25) is 0 Å². The first-order valence-corrected chi connectivity index (χ1v) is 6.38. The van der Waals surface area contributed by atoms with E-state index in [1.807, 2.05) is 6.92 Å². The summed E-state index contributed by atoms with van der Waals surface area (Å²) in [5.74, 6) is 0.168. The van der Waals surface area contributed by atoms with Crippen LogP contribution in [0.4, 0.5) is 0 Å². The predicted octanol–water partition coefficient (Wildman–Crippen LogP) is 1.62. The molecule has 0 aliphatic rings. The largest absolute Gasteiger partial charge is 0.385 e. The summed E-state index contributed by atoms with van der Waals surface area (Å²) in [7, 11) is 3.37. The Balaban J connectivity index is 3.83. The van der Waals surface area contributed by atoms with Crippen LogP contribution in [0.2, 0.25) is 0 Å². The Hall–Kier alpha value is 0.200. The van der Waals surface area contributed by atoms with Gasteiger partial charge in [-0.05, 0) is 12.3 Å². The molecule has 5 heteroatoms. The summed E-state index contributed by atoms with van der Waals surface area (Å²) in [6.07, 6.45) is 1.56. The first-order valence-electron chi connectivity index (χ1n) is 3.91. The van der Waals surface area contributed by atoms with E-state index in [0.717, 1.165) is 12.8 Å². The number of methoxy groups -OCH3 is 1. The lowest BCUT2D eigenvalue weighted by atomic mass is 10.1. The molecule has 1 atom stereocenters. The number of rotatable bonds is 6. The summed E-state index contributed by atoms with van der Waals surface area (Å²) in [4.78, 5) is 0. The quantitative estimate of drug-likeness (QED) is 0.631. The van der Waals surface area contributed by atoms with Crippen LogP contribution in [0.15, 0.2) is 0 Å². The first-order chi connectivity index (χ1) is 5.49. The van der Waals surface area contributed by atoms with Crippen molar-refractivity contribution in [3.8, 4) is 0 Å². The second-order valence-corrected chi connectivity index (χ2v) is 5.58. The summed E-state index contributed by atoms with van der Waals surface area (Å²) in [5.41, 5.74) is 0. The van der Waals surface area contributed by atoms with E-state index in [1.54, 1.807) is 7.11 Å². The highest BCUT2D eigenvalue weighted by molar-refractivity contribution is 8.13. The molecule has 0 aromatic heterocycles. The van der Waals surface area contributed by atoms with Crippen LogP contribution in [-0.4, -0.2) is 27.9 Å². The van der Waals surface area contributed by atoms with Crippen LogP contribution in [0.1, 0.15) is 19.8 Å². The van der Waals surface area contributed by atoms with Gasteiger partial charge in [-0.1, -0.05) is 13.3 Å². The van der Waals surface area contributed by atoms with Crippen molar-refractivity contribution < 1.29 is 13.2 Å². The van der Waals surface area contributed by atoms with Gasteiger partial charge in [-0.2, -0.15) is 0 Å². The number of hydrogen-bond donors (Lipinski definition) is 0. The van der Waals surface area contributed by atoms with Crippen molar-refractivity contribution in [2.24, 2.45) is 5.92 Å². The molecule has 0 radical (unpaired) electrons. The lowest BCUT2D eigenvalue weighted by Gasteiger charge is -2.11. The number of halogens is 1. The van der Waals surface area contributed by atoms with E-state index < -0.39 is 9.05 Å². The molecule has 0 amide bonds. The first kappa shape index (κ1) is 12.2. The van der Waals surface area contributed by atoms with Crippen LogP contribution in [0.5, 0.6) is 0 Å². The second-order valence-electron chi connectivity index (χ2n) is 2.76. The van der Waals surface area contributed by atoms with Gasteiger partial charge in [0.15, 0.2) is 0 Å². The zero-order chi connectivity index (χ0) is 9.61. The molecular formula is C7H15ClO3S. The Kier molecular flexibility index (Phi) is 5.88. The van der Waals surface area contributed by atoms with E-state index >= 15 is 0 Å². The molecule has 0 aliphatic carbocycles. The standard InChI is InChI=1S/C7H15ClO3S/c1-3-7(4-5-11-2)6-12(8,9)10/h7H,3-6H2,1-2H3/t7-/m0/s1. The van der Waals surface area contributed by atoms with Gasteiger partial charge < -0.3 is 4.74 Å². The van der Waals surface area contributed by atoms with Crippen molar-refractivity contribution in [1.82, 2.24) is 0 Å². The molecule has 0 spiro atoms. The van der Waals surface area contributed by atoms with Crippen molar-refractivity contribution in [3.05, 3.63) is 0 Å². The Labute approximate surface area is 78.5 Å². The maximum Gasteiger partial charge on any atom is 0.232 e. The predicted molar refractivity (Wildman–Crippen MR) is 49.9 cm³/mol. The molecule has 0 unspecified atom stereocenters. The number of hydrogen-bond acceptors (Lipinski definition) is 3. The molecule has 0 aliphatic heterocycles. The molecule has 0 aromatic rings. The summed E-state index contributed by atoms with van der Waals surface area (Å²) in [6.45, 7) is 2.54. The smallest absolute Gasteiger partial charge is 0.232 e. The lowest BCUT2D eigenvalue weighted by Crippen LogP contribution is -2.13. The second kappa shape index (κ2) is 5.78. The monoisotopic (exact) mass is 214 g/mol. The van der Waals surface area contributed by atoms with Crippen LogP contribution in [0, 0.1) is 5.92 Å². The van der Waals surface area contributed by atoms with Crippen LogP contribution >= 0.6 is 10.7 Å². The molecule has 0 fully saturated rings. The topological polar surface area (TPSA) is 43.4 Å². The zero-order valence-electron chi connectivity index (χ0n) is 7.42. The van der Waals surface area contributed by atoms with Crippen molar-refractivity contribution in [2.45, 2.75) is 19.8 Å². The molecular weight excluding hydrogens is 200 g/mol. The maximum absolute atomic E-state index is 10.7. The van der Waals surface area contributed by atoms with Gasteiger partial charge in [-0.25, -0.2) is 8.42 Å². The van der Waals surface area contributed by atoms with Gasteiger partial charge in [0.2, 0.25) is 9.05 Å². The van der Waals surface area contributed by atoms with E-state index in [-0.39, 0.29) is 11.7 Å². The van der Waals surface area contributed by atoms with Crippen molar-refractivity contribution >= 4 is 19.7 Å². The summed E-state index contributed by atoms with van der Waals surface area (Å²) < 4.78 is 26.2. The number of ether oxygens (including phenoxy) is 1. The highest BCUT2D eigenvalue weighted by atomic mass is 35.7. The van der Waals surface area contributed by atoms with E-state index in [2.05, 4.69) is 0 Å². The van der Waals surface area contributed by atoms with E-state index in [9.17, 15) is 8.42 Å². The SMILES string of the molecule is CC[C@@H](CCOC)CS(=O)(=O)Cl. The van der Waals surface area contributed by atoms with Crippen LogP contribution in [0.25, 0.3) is 0 Å². The van der Waals surface area contributed by atoms with E-state index in [0.29, 0.717) is 6.61 Å². The van der Waals surface area contributed by atoms with E-state index in [1.165, 1.54) is 0 Å². The molecule has 0 saturated carbocycles. The fourth-order valence-corrected chi connectivity index (χ4v) is 2.47. The van der Waals surface area contributed by atoms with E-state index in [4.69, 9.17) is 15.4 Å². The summed E-state index contributed by atoms with van der Waals surface area (Å²) in [5, 5.41) is 0. The van der Waals surface area contributed by atoms with Gasteiger partial charge in [-0.15, -0.1) is 0 Å².